The third-order valence-electron chi connectivity index (χ3n) is 2.69. The molecule has 5 nitrogen and oxygen atoms in total. The summed E-state index contributed by atoms with van der Waals surface area (Å²) in [7, 11) is 0. The van der Waals surface area contributed by atoms with E-state index in [1.807, 2.05) is 30.3 Å². The first kappa shape index (κ1) is 15.2. The van der Waals surface area contributed by atoms with E-state index in [9.17, 15) is 4.79 Å². The van der Waals surface area contributed by atoms with E-state index >= 15 is 0 Å². The number of carbonyl (C=O) groups excluding carboxylic acids is 1. The van der Waals surface area contributed by atoms with Gasteiger partial charge in [0.15, 0.2) is 0 Å². The number of hydrogen-bond donors (Lipinski definition) is 2. The number of benzene rings is 1. The monoisotopic (exact) mass is 346 g/mol. The summed E-state index contributed by atoms with van der Waals surface area (Å²) in [4.78, 5) is 15.9. The van der Waals surface area contributed by atoms with Crippen molar-refractivity contribution in [1.82, 2.24) is 10.4 Å². The summed E-state index contributed by atoms with van der Waals surface area (Å²) >= 11 is 3.37. The third-order valence-corrected chi connectivity index (χ3v) is 3.22. The fourth-order valence-corrected chi connectivity index (χ4v) is 1.85. The Morgan fingerprint density at radius 3 is 2.76 bits per heavy atom. The number of hydrogen-bond acceptors (Lipinski definition) is 4. The number of carbonyl (C=O) groups is 1. The Kier molecular flexibility index (Phi) is 5.45. The fraction of sp³-hybridized carbons (Fsp3) is 0.133. The Labute approximate surface area is 131 Å². The van der Waals surface area contributed by atoms with Crippen LogP contribution in [0.2, 0.25) is 0 Å². The van der Waals surface area contributed by atoms with Crippen LogP contribution >= 0.6 is 15.9 Å². The van der Waals surface area contributed by atoms with Gasteiger partial charge in [-0.05, 0) is 37.3 Å². The molecule has 1 aromatic heterocycles. The minimum atomic E-state index is -0.391. The molecule has 2 aromatic rings. The zero-order valence-corrected chi connectivity index (χ0v) is 13.0. The molecule has 0 bridgehead atoms. The van der Waals surface area contributed by atoms with Crippen molar-refractivity contribution >= 4 is 33.7 Å². The second-order valence-electron chi connectivity index (χ2n) is 4.39. The van der Waals surface area contributed by atoms with Gasteiger partial charge in [0.25, 0.3) is 5.91 Å². The average Bonchev–Trinajstić information content (AvgIpc) is 2.50. The Bertz CT molecular complexity index is 613. The van der Waals surface area contributed by atoms with Crippen molar-refractivity contribution in [3.05, 3.63) is 58.8 Å². The molecule has 0 saturated heterocycles. The number of nitrogens with one attached hydrogen (secondary N) is 2. The molecular weight excluding hydrogens is 332 g/mol. The predicted octanol–water partition coefficient (Wildman–Crippen LogP) is 2.79. The first-order valence-corrected chi connectivity index (χ1v) is 7.19. The smallest absolute Gasteiger partial charge is 0.262 e. The molecule has 1 atom stereocenters. The van der Waals surface area contributed by atoms with Crippen LogP contribution in [-0.2, 0) is 4.79 Å². The Morgan fingerprint density at radius 1 is 1.33 bits per heavy atom. The molecule has 0 radical (unpaired) electrons. The van der Waals surface area contributed by atoms with Crippen LogP contribution in [0.3, 0.4) is 0 Å². The SMILES string of the molecule is C[C@H](Nc1ccc(Br)cc1)C(=O)N/N=C\c1cccnc1. The van der Waals surface area contributed by atoms with Crippen LogP contribution in [0.5, 0.6) is 0 Å². The first-order valence-electron chi connectivity index (χ1n) is 6.40. The highest BCUT2D eigenvalue weighted by Crippen LogP contribution is 2.14. The maximum atomic E-state index is 11.9. The van der Waals surface area contributed by atoms with Crippen LogP contribution < -0.4 is 10.7 Å². The van der Waals surface area contributed by atoms with Gasteiger partial charge in [-0.3, -0.25) is 9.78 Å². The van der Waals surface area contributed by atoms with Crippen molar-refractivity contribution in [2.24, 2.45) is 5.10 Å². The van der Waals surface area contributed by atoms with Gasteiger partial charge in [0, 0.05) is 28.1 Å². The molecule has 1 aromatic carbocycles. The van der Waals surface area contributed by atoms with E-state index in [4.69, 9.17) is 0 Å². The highest BCUT2D eigenvalue weighted by Gasteiger charge is 2.11. The molecule has 1 amide bonds. The van der Waals surface area contributed by atoms with Crippen LogP contribution in [0.15, 0.2) is 58.4 Å². The van der Waals surface area contributed by atoms with Gasteiger partial charge in [0.05, 0.1) is 6.21 Å². The number of pyridine rings is 1. The van der Waals surface area contributed by atoms with Crippen molar-refractivity contribution in [1.29, 1.82) is 0 Å². The van der Waals surface area contributed by atoms with E-state index in [2.05, 4.69) is 36.8 Å². The molecule has 0 saturated carbocycles. The highest BCUT2D eigenvalue weighted by atomic mass is 79.9. The lowest BCUT2D eigenvalue weighted by Gasteiger charge is -2.13. The van der Waals surface area contributed by atoms with Crippen molar-refractivity contribution in [2.45, 2.75) is 13.0 Å². The summed E-state index contributed by atoms with van der Waals surface area (Å²) in [5.74, 6) is -0.210. The number of aromatic nitrogens is 1. The molecule has 2 rings (SSSR count). The highest BCUT2D eigenvalue weighted by molar-refractivity contribution is 9.10. The van der Waals surface area contributed by atoms with Crippen LogP contribution in [0.25, 0.3) is 0 Å². The Morgan fingerprint density at radius 2 is 2.10 bits per heavy atom. The quantitative estimate of drug-likeness (QED) is 0.646. The Hall–Kier alpha value is -2.21. The maximum Gasteiger partial charge on any atom is 0.262 e. The van der Waals surface area contributed by atoms with Gasteiger partial charge in [0.1, 0.15) is 6.04 Å². The summed E-state index contributed by atoms with van der Waals surface area (Å²) in [6.07, 6.45) is 4.90. The zero-order chi connectivity index (χ0) is 15.1. The lowest BCUT2D eigenvalue weighted by molar-refractivity contribution is -0.121. The first-order chi connectivity index (χ1) is 10.1. The van der Waals surface area contributed by atoms with Gasteiger partial charge in [-0.1, -0.05) is 22.0 Å². The van der Waals surface area contributed by atoms with Crippen molar-refractivity contribution in [3.8, 4) is 0 Å². The summed E-state index contributed by atoms with van der Waals surface area (Å²) in [5.41, 5.74) is 4.19. The van der Waals surface area contributed by atoms with Gasteiger partial charge < -0.3 is 5.32 Å². The number of hydrazone groups is 1. The van der Waals surface area contributed by atoms with E-state index in [0.29, 0.717) is 0 Å². The molecular formula is C15H15BrN4O. The van der Waals surface area contributed by atoms with E-state index in [-0.39, 0.29) is 5.91 Å². The average molecular weight is 347 g/mol. The second-order valence-corrected chi connectivity index (χ2v) is 5.31. The number of amides is 1. The molecule has 0 aliphatic heterocycles. The zero-order valence-electron chi connectivity index (χ0n) is 11.5. The number of anilines is 1. The fourth-order valence-electron chi connectivity index (χ4n) is 1.58. The normalized spacial score (nSPS) is 12.1. The number of nitrogens with zero attached hydrogens (tertiary/aromatic N) is 2. The topological polar surface area (TPSA) is 66.4 Å². The summed E-state index contributed by atoms with van der Waals surface area (Å²) in [6.45, 7) is 1.77. The standard InChI is InChI=1S/C15H15BrN4O/c1-11(19-14-6-4-13(16)5-7-14)15(21)20-18-10-12-3-2-8-17-9-12/h2-11,19H,1H3,(H,20,21)/b18-10-/t11-/m0/s1. The van der Waals surface area contributed by atoms with E-state index in [1.54, 1.807) is 31.6 Å². The lowest BCUT2D eigenvalue weighted by atomic mass is 10.2. The van der Waals surface area contributed by atoms with Crippen LogP contribution in [-0.4, -0.2) is 23.1 Å². The van der Waals surface area contributed by atoms with E-state index < -0.39 is 6.04 Å². The predicted molar refractivity (Wildman–Crippen MR) is 87.2 cm³/mol. The number of halogens is 1. The molecule has 0 spiro atoms. The molecule has 0 aliphatic rings. The van der Waals surface area contributed by atoms with Crippen molar-refractivity contribution < 1.29 is 4.79 Å². The molecule has 1 heterocycles. The van der Waals surface area contributed by atoms with E-state index in [0.717, 1.165) is 15.7 Å². The molecule has 6 heteroatoms. The second kappa shape index (κ2) is 7.54. The molecule has 2 N–H and O–H groups in total. The van der Waals surface area contributed by atoms with Gasteiger partial charge in [-0.15, -0.1) is 0 Å². The molecule has 0 unspecified atom stereocenters. The largest absolute Gasteiger partial charge is 0.374 e. The van der Waals surface area contributed by atoms with Crippen LogP contribution in [0.4, 0.5) is 5.69 Å². The molecule has 108 valence electrons. The van der Waals surface area contributed by atoms with Crippen molar-refractivity contribution in [2.75, 3.05) is 5.32 Å². The third kappa shape index (κ3) is 5.00. The molecule has 21 heavy (non-hydrogen) atoms. The molecule has 0 fully saturated rings. The van der Waals surface area contributed by atoms with Gasteiger partial charge in [-0.25, -0.2) is 5.43 Å². The number of rotatable bonds is 5. The van der Waals surface area contributed by atoms with Gasteiger partial charge in [0.2, 0.25) is 0 Å². The summed E-state index contributed by atoms with van der Waals surface area (Å²) in [5, 5.41) is 7.00. The maximum absolute atomic E-state index is 11.9. The van der Waals surface area contributed by atoms with Crippen LogP contribution in [0, 0.1) is 0 Å². The minimum Gasteiger partial charge on any atom is -0.374 e. The summed E-state index contributed by atoms with van der Waals surface area (Å²) < 4.78 is 0.992. The van der Waals surface area contributed by atoms with E-state index in [1.165, 1.54) is 0 Å². The van der Waals surface area contributed by atoms with Gasteiger partial charge >= 0.3 is 0 Å². The Balaban J connectivity index is 1.85. The minimum absolute atomic E-state index is 0.210. The van der Waals surface area contributed by atoms with Gasteiger partial charge in [-0.2, -0.15) is 5.10 Å². The molecule has 0 aliphatic carbocycles. The van der Waals surface area contributed by atoms with Crippen molar-refractivity contribution in [3.63, 3.8) is 0 Å². The van der Waals surface area contributed by atoms with Crippen LogP contribution in [0.1, 0.15) is 12.5 Å². The lowest BCUT2D eigenvalue weighted by Crippen LogP contribution is -2.34. The summed E-state index contributed by atoms with van der Waals surface area (Å²) in [6, 6.07) is 10.9.